The number of hydrogen-bond acceptors (Lipinski definition) is 2. The van der Waals surface area contributed by atoms with Gasteiger partial charge in [-0.3, -0.25) is 0 Å². The molecule has 1 N–H and O–H groups in total. The number of benzene rings is 1. The highest BCUT2D eigenvalue weighted by molar-refractivity contribution is 5.59. The van der Waals surface area contributed by atoms with Crippen LogP contribution in [0.3, 0.4) is 0 Å². The van der Waals surface area contributed by atoms with Crippen LogP contribution in [-0.4, -0.2) is 31.6 Å². The number of fused-ring (bicyclic) bond motifs is 1. The number of likely N-dealkylation sites (tertiary alicyclic amines) is 1. The van der Waals surface area contributed by atoms with E-state index in [1.165, 1.54) is 25.2 Å². The third-order valence-electron chi connectivity index (χ3n) is 3.41. The van der Waals surface area contributed by atoms with Crippen molar-refractivity contribution < 1.29 is 0 Å². The van der Waals surface area contributed by atoms with Crippen LogP contribution in [0.4, 0.5) is 5.69 Å². The summed E-state index contributed by atoms with van der Waals surface area (Å²) < 4.78 is 0. The summed E-state index contributed by atoms with van der Waals surface area (Å²) in [5.41, 5.74) is 4.54. The first-order valence-corrected chi connectivity index (χ1v) is 5.39. The molecule has 3 rings (SSSR count). The van der Waals surface area contributed by atoms with Crippen molar-refractivity contribution in [2.45, 2.75) is 12.3 Å². The van der Waals surface area contributed by atoms with E-state index < -0.39 is 0 Å². The Balaban J connectivity index is 1.94. The van der Waals surface area contributed by atoms with E-state index in [-0.39, 0.29) is 0 Å². The number of anilines is 1. The van der Waals surface area contributed by atoms with Crippen molar-refractivity contribution in [1.29, 1.82) is 0 Å². The van der Waals surface area contributed by atoms with Crippen molar-refractivity contribution in [2.24, 2.45) is 0 Å². The smallest absolute Gasteiger partial charge is 0.0376 e. The summed E-state index contributed by atoms with van der Waals surface area (Å²) in [6.45, 7) is 3.59. The zero-order chi connectivity index (χ0) is 9.54. The van der Waals surface area contributed by atoms with Gasteiger partial charge in [-0.25, -0.2) is 0 Å². The molecule has 0 saturated carbocycles. The molecule has 14 heavy (non-hydrogen) atoms. The van der Waals surface area contributed by atoms with Gasteiger partial charge >= 0.3 is 0 Å². The highest BCUT2D eigenvalue weighted by atomic mass is 15.2. The summed E-state index contributed by atoms with van der Waals surface area (Å²) >= 11 is 0. The van der Waals surface area contributed by atoms with Crippen LogP contribution in [0.1, 0.15) is 17.0 Å². The van der Waals surface area contributed by atoms with Crippen LogP contribution < -0.4 is 5.32 Å². The lowest BCUT2D eigenvalue weighted by Crippen LogP contribution is -2.42. The maximum absolute atomic E-state index is 3.44. The predicted octanol–water partition coefficient (Wildman–Crippen LogP) is 1.68. The average Bonchev–Trinajstić information content (AvgIpc) is 2.60. The normalized spacial score (nSPS) is 21.5. The molecular formula is C12H16N2. The van der Waals surface area contributed by atoms with E-state index in [9.17, 15) is 0 Å². The van der Waals surface area contributed by atoms with Crippen LogP contribution >= 0.6 is 0 Å². The minimum Gasteiger partial charge on any atom is -0.384 e. The second-order valence-electron chi connectivity index (χ2n) is 4.47. The van der Waals surface area contributed by atoms with Crippen LogP contribution in [0.5, 0.6) is 0 Å². The van der Waals surface area contributed by atoms with E-state index >= 15 is 0 Å². The van der Waals surface area contributed by atoms with E-state index in [0.717, 1.165) is 12.5 Å². The maximum Gasteiger partial charge on any atom is 0.0376 e. The monoisotopic (exact) mass is 188 g/mol. The Morgan fingerprint density at radius 2 is 2.21 bits per heavy atom. The van der Waals surface area contributed by atoms with Gasteiger partial charge in [0.2, 0.25) is 0 Å². The van der Waals surface area contributed by atoms with Crippen molar-refractivity contribution >= 4 is 5.69 Å². The van der Waals surface area contributed by atoms with E-state index in [0.29, 0.717) is 0 Å². The summed E-state index contributed by atoms with van der Waals surface area (Å²) in [6.07, 6.45) is 1.21. The first-order chi connectivity index (χ1) is 6.84. The molecule has 1 aromatic carbocycles. The molecule has 0 aliphatic carbocycles. The van der Waals surface area contributed by atoms with Crippen molar-refractivity contribution in [3.8, 4) is 0 Å². The SMILES string of the molecule is CN1CC(c2cccc3c2CCN3)C1. The van der Waals surface area contributed by atoms with Crippen LogP contribution in [0.2, 0.25) is 0 Å². The molecule has 2 heteroatoms. The highest BCUT2D eigenvalue weighted by Gasteiger charge is 2.28. The molecule has 0 aromatic heterocycles. The second kappa shape index (κ2) is 2.99. The molecule has 0 unspecified atom stereocenters. The van der Waals surface area contributed by atoms with Gasteiger partial charge in [-0.2, -0.15) is 0 Å². The number of hydrogen-bond donors (Lipinski definition) is 1. The molecule has 2 aliphatic rings. The van der Waals surface area contributed by atoms with Crippen LogP contribution in [0, 0.1) is 0 Å². The average molecular weight is 188 g/mol. The second-order valence-corrected chi connectivity index (χ2v) is 4.47. The van der Waals surface area contributed by atoms with Gasteiger partial charge in [-0.1, -0.05) is 12.1 Å². The Bertz CT molecular complexity index is 353. The van der Waals surface area contributed by atoms with Crippen molar-refractivity contribution in [1.82, 2.24) is 4.90 Å². The summed E-state index contributed by atoms with van der Waals surface area (Å²) in [5, 5.41) is 3.44. The number of rotatable bonds is 1. The van der Waals surface area contributed by atoms with Gasteiger partial charge in [0.05, 0.1) is 0 Å². The zero-order valence-corrected chi connectivity index (χ0v) is 8.59. The van der Waals surface area contributed by atoms with Gasteiger partial charge in [-0.05, 0) is 30.7 Å². The Kier molecular flexibility index (Phi) is 1.77. The van der Waals surface area contributed by atoms with Crippen LogP contribution in [-0.2, 0) is 6.42 Å². The summed E-state index contributed by atoms with van der Waals surface area (Å²) in [6, 6.07) is 6.70. The first-order valence-electron chi connectivity index (χ1n) is 5.39. The maximum atomic E-state index is 3.44. The Labute approximate surface area is 84.9 Å². The molecule has 0 atom stereocenters. The molecule has 1 fully saturated rings. The van der Waals surface area contributed by atoms with E-state index in [1.54, 1.807) is 11.1 Å². The zero-order valence-electron chi connectivity index (χ0n) is 8.59. The Morgan fingerprint density at radius 1 is 1.36 bits per heavy atom. The molecule has 2 heterocycles. The molecule has 0 amide bonds. The van der Waals surface area contributed by atoms with E-state index in [2.05, 4.69) is 35.5 Å². The number of nitrogens with one attached hydrogen (secondary N) is 1. The van der Waals surface area contributed by atoms with E-state index in [4.69, 9.17) is 0 Å². The van der Waals surface area contributed by atoms with Crippen LogP contribution in [0.15, 0.2) is 18.2 Å². The number of nitrogens with zero attached hydrogens (tertiary/aromatic N) is 1. The van der Waals surface area contributed by atoms with Crippen molar-refractivity contribution in [2.75, 3.05) is 32.0 Å². The molecule has 2 aliphatic heterocycles. The minimum atomic E-state index is 0.787. The quantitative estimate of drug-likeness (QED) is 0.721. The van der Waals surface area contributed by atoms with Crippen molar-refractivity contribution in [3.63, 3.8) is 0 Å². The molecule has 2 nitrogen and oxygen atoms in total. The van der Waals surface area contributed by atoms with Gasteiger partial charge < -0.3 is 10.2 Å². The fraction of sp³-hybridized carbons (Fsp3) is 0.500. The van der Waals surface area contributed by atoms with Gasteiger partial charge in [0.25, 0.3) is 0 Å². The Morgan fingerprint density at radius 3 is 3.00 bits per heavy atom. The summed E-state index contributed by atoms with van der Waals surface area (Å²) in [7, 11) is 2.19. The summed E-state index contributed by atoms with van der Waals surface area (Å²) in [4.78, 5) is 2.38. The largest absolute Gasteiger partial charge is 0.384 e. The lowest BCUT2D eigenvalue weighted by atomic mass is 9.87. The topological polar surface area (TPSA) is 15.3 Å². The third-order valence-corrected chi connectivity index (χ3v) is 3.41. The molecule has 74 valence electrons. The number of likely N-dealkylation sites (N-methyl/N-ethyl adjacent to an activating group) is 1. The minimum absolute atomic E-state index is 0.787. The summed E-state index contributed by atoms with van der Waals surface area (Å²) in [5.74, 6) is 0.787. The van der Waals surface area contributed by atoms with E-state index in [1.807, 2.05) is 0 Å². The molecule has 0 bridgehead atoms. The van der Waals surface area contributed by atoms with Crippen LogP contribution in [0.25, 0.3) is 0 Å². The third kappa shape index (κ3) is 1.14. The molecule has 1 aromatic rings. The molecule has 0 spiro atoms. The lowest BCUT2D eigenvalue weighted by molar-refractivity contribution is 0.189. The van der Waals surface area contributed by atoms with Gasteiger partial charge in [0, 0.05) is 31.2 Å². The lowest BCUT2D eigenvalue weighted by Gasteiger charge is -2.37. The molecule has 0 radical (unpaired) electrons. The highest BCUT2D eigenvalue weighted by Crippen LogP contribution is 2.34. The standard InChI is InChI=1S/C12H16N2/c1-14-7-9(8-14)10-3-2-4-12-11(10)5-6-13-12/h2-4,9,13H,5-8H2,1H3. The fourth-order valence-corrected chi connectivity index (χ4v) is 2.65. The molecular weight excluding hydrogens is 172 g/mol. The van der Waals surface area contributed by atoms with Gasteiger partial charge in [0.15, 0.2) is 0 Å². The fourth-order valence-electron chi connectivity index (χ4n) is 2.65. The van der Waals surface area contributed by atoms with Gasteiger partial charge in [-0.15, -0.1) is 0 Å². The first kappa shape index (κ1) is 8.30. The van der Waals surface area contributed by atoms with Gasteiger partial charge in [0.1, 0.15) is 0 Å². The Hall–Kier alpha value is -1.02. The molecule has 1 saturated heterocycles. The van der Waals surface area contributed by atoms with Crippen molar-refractivity contribution in [3.05, 3.63) is 29.3 Å². The predicted molar refractivity (Wildman–Crippen MR) is 58.9 cm³/mol.